The van der Waals surface area contributed by atoms with E-state index in [1.165, 1.54) is 0 Å². The summed E-state index contributed by atoms with van der Waals surface area (Å²) in [5.41, 5.74) is 1.56. The molecule has 1 fully saturated rings. The fourth-order valence-electron chi connectivity index (χ4n) is 2.54. The van der Waals surface area contributed by atoms with E-state index in [0.29, 0.717) is 12.2 Å². The van der Waals surface area contributed by atoms with Crippen LogP contribution in [0.4, 0.5) is 0 Å². The van der Waals surface area contributed by atoms with E-state index < -0.39 is 0 Å². The molecular formula is C16H19N3O2. The molecule has 1 aromatic heterocycles. The molecule has 1 amide bonds. The van der Waals surface area contributed by atoms with E-state index >= 15 is 0 Å². The van der Waals surface area contributed by atoms with Gasteiger partial charge in [0.1, 0.15) is 5.69 Å². The fourth-order valence-corrected chi connectivity index (χ4v) is 2.54. The number of carbonyl (C=O) groups excluding carboxylic acids is 1. The molecule has 0 aliphatic heterocycles. The number of benzene rings is 1. The zero-order chi connectivity index (χ0) is 14.7. The molecule has 0 bridgehead atoms. The largest absolute Gasteiger partial charge is 0.396 e. The smallest absolute Gasteiger partial charge is 0.269 e. The van der Waals surface area contributed by atoms with Crippen LogP contribution in [0.1, 0.15) is 29.8 Å². The summed E-state index contributed by atoms with van der Waals surface area (Å²) in [5, 5.41) is 12.0. The van der Waals surface area contributed by atoms with Crippen molar-refractivity contribution in [1.82, 2.24) is 14.9 Å². The molecule has 1 aromatic carbocycles. The number of aliphatic hydroxyl groups excluding tert-OH is 1. The number of hydrogen-bond donors (Lipinski definition) is 2. The van der Waals surface area contributed by atoms with Crippen molar-refractivity contribution in [3.63, 3.8) is 0 Å². The highest BCUT2D eigenvalue weighted by Crippen LogP contribution is 2.47. The van der Waals surface area contributed by atoms with Crippen LogP contribution in [0.2, 0.25) is 0 Å². The van der Waals surface area contributed by atoms with Crippen LogP contribution in [0.15, 0.2) is 42.9 Å². The first-order chi connectivity index (χ1) is 10.2. The van der Waals surface area contributed by atoms with E-state index in [9.17, 15) is 4.79 Å². The highest BCUT2D eigenvalue weighted by Gasteiger charge is 2.42. The number of nitrogens with one attached hydrogen (secondary N) is 1. The average molecular weight is 285 g/mol. The van der Waals surface area contributed by atoms with E-state index in [0.717, 1.165) is 24.9 Å². The summed E-state index contributed by atoms with van der Waals surface area (Å²) >= 11 is 0. The summed E-state index contributed by atoms with van der Waals surface area (Å²) in [6.07, 6.45) is 6.13. The molecule has 0 unspecified atom stereocenters. The van der Waals surface area contributed by atoms with Crippen molar-refractivity contribution in [3.8, 4) is 5.69 Å². The van der Waals surface area contributed by atoms with Crippen molar-refractivity contribution < 1.29 is 9.90 Å². The second-order valence-corrected chi connectivity index (χ2v) is 5.64. The van der Waals surface area contributed by atoms with Crippen LogP contribution in [0.3, 0.4) is 0 Å². The monoisotopic (exact) mass is 285 g/mol. The minimum Gasteiger partial charge on any atom is -0.396 e. The molecular weight excluding hydrogens is 266 g/mol. The number of para-hydroxylation sites is 1. The Bertz CT molecular complexity index is 617. The molecule has 5 nitrogen and oxygen atoms in total. The minimum absolute atomic E-state index is 0.113. The third kappa shape index (κ3) is 2.97. The lowest BCUT2D eigenvalue weighted by molar-refractivity contribution is 0.0934. The highest BCUT2D eigenvalue weighted by atomic mass is 16.3. The summed E-state index contributed by atoms with van der Waals surface area (Å²) in [6, 6.07) is 9.67. The molecule has 2 N–H and O–H groups in total. The lowest BCUT2D eigenvalue weighted by Gasteiger charge is -2.15. The molecule has 0 saturated heterocycles. The topological polar surface area (TPSA) is 67.2 Å². The summed E-state index contributed by atoms with van der Waals surface area (Å²) in [5.74, 6) is -0.124. The third-order valence-electron chi connectivity index (χ3n) is 4.13. The van der Waals surface area contributed by atoms with Crippen LogP contribution < -0.4 is 5.32 Å². The molecule has 1 saturated carbocycles. The van der Waals surface area contributed by atoms with Gasteiger partial charge < -0.3 is 10.4 Å². The average Bonchev–Trinajstić information content (AvgIpc) is 3.10. The van der Waals surface area contributed by atoms with Crippen LogP contribution in [0.25, 0.3) is 5.69 Å². The molecule has 21 heavy (non-hydrogen) atoms. The van der Waals surface area contributed by atoms with Crippen molar-refractivity contribution in [2.45, 2.75) is 19.3 Å². The van der Waals surface area contributed by atoms with Gasteiger partial charge in [0.05, 0.1) is 12.5 Å². The Morgan fingerprint density at radius 2 is 2.10 bits per heavy atom. The van der Waals surface area contributed by atoms with Gasteiger partial charge in [-0.05, 0) is 36.8 Å². The normalized spacial score (nSPS) is 15.7. The van der Waals surface area contributed by atoms with Crippen molar-refractivity contribution >= 4 is 5.91 Å². The van der Waals surface area contributed by atoms with E-state index in [2.05, 4.69) is 10.3 Å². The molecule has 5 heteroatoms. The number of imidazole rings is 1. The maximum atomic E-state index is 12.3. The van der Waals surface area contributed by atoms with Crippen LogP contribution in [-0.4, -0.2) is 33.7 Å². The predicted octanol–water partition coefficient (Wildman–Crippen LogP) is 1.76. The van der Waals surface area contributed by atoms with Crippen LogP contribution in [0.5, 0.6) is 0 Å². The van der Waals surface area contributed by atoms with Crippen LogP contribution in [-0.2, 0) is 0 Å². The maximum Gasteiger partial charge on any atom is 0.269 e. The van der Waals surface area contributed by atoms with Gasteiger partial charge in [-0.25, -0.2) is 4.98 Å². The predicted molar refractivity (Wildman–Crippen MR) is 79.3 cm³/mol. The summed E-state index contributed by atoms with van der Waals surface area (Å²) in [6.45, 7) is 0.796. The number of carbonyl (C=O) groups is 1. The number of aliphatic hydroxyl groups is 1. The Labute approximate surface area is 123 Å². The number of nitrogens with zero attached hydrogens (tertiary/aromatic N) is 2. The molecule has 0 atom stereocenters. The lowest BCUT2D eigenvalue weighted by atomic mass is 10.0. The van der Waals surface area contributed by atoms with Gasteiger partial charge in [-0.1, -0.05) is 18.2 Å². The fraction of sp³-hybridized carbons (Fsp3) is 0.375. The molecule has 0 radical (unpaired) electrons. The molecule has 1 heterocycles. The number of amides is 1. The van der Waals surface area contributed by atoms with Crippen molar-refractivity contribution in [1.29, 1.82) is 0 Å². The Balaban J connectivity index is 1.70. The second kappa shape index (κ2) is 5.69. The number of aromatic nitrogens is 2. The second-order valence-electron chi connectivity index (χ2n) is 5.64. The van der Waals surface area contributed by atoms with Crippen LogP contribution >= 0.6 is 0 Å². The maximum absolute atomic E-state index is 12.3. The molecule has 1 aliphatic rings. The molecule has 110 valence electrons. The Morgan fingerprint density at radius 3 is 2.76 bits per heavy atom. The molecule has 1 aliphatic carbocycles. The third-order valence-corrected chi connectivity index (χ3v) is 4.13. The van der Waals surface area contributed by atoms with Crippen molar-refractivity contribution in [2.24, 2.45) is 5.41 Å². The first-order valence-corrected chi connectivity index (χ1v) is 7.21. The van der Waals surface area contributed by atoms with Gasteiger partial charge in [0.15, 0.2) is 0 Å². The zero-order valence-electron chi connectivity index (χ0n) is 11.8. The van der Waals surface area contributed by atoms with E-state index in [4.69, 9.17) is 5.11 Å². The summed E-state index contributed by atoms with van der Waals surface area (Å²) in [7, 11) is 0. The molecule has 2 aromatic rings. The first kappa shape index (κ1) is 13.8. The van der Waals surface area contributed by atoms with E-state index in [1.54, 1.807) is 17.1 Å². The molecule has 3 rings (SSSR count). The Hall–Kier alpha value is -2.14. The Kier molecular flexibility index (Phi) is 3.75. The first-order valence-electron chi connectivity index (χ1n) is 7.21. The lowest BCUT2D eigenvalue weighted by Crippen LogP contribution is -2.31. The van der Waals surface area contributed by atoms with Gasteiger partial charge in [-0.2, -0.15) is 0 Å². The minimum atomic E-state index is -0.124. The van der Waals surface area contributed by atoms with Gasteiger partial charge in [0, 0.05) is 18.8 Å². The number of hydrogen-bond acceptors (Lipinski definition) is 3. The molecule has 0 spiro atoms. The summed E-state index contributed by atoms with van der Waals surface area (Å²) in [4.78, 5) is 16.4. The van der Waals surface area contributed by atoms with Gasteiger partial charge in [-0.15, -0.1) is 0 Å². The van der Waals surface area contributed by atoms with Crippen LogP contribution in [0, 0.1) is 5.41 Å². The zero-order valence-corrected chi connectivity index (χ0v) is 11.8. The SMILES string of the molecule is O=C(NCC1(CCO)CC1)c1cncn1-c1ccccc1. The van der Waals surface area contributed by atoms with Gasteiger partial charge in [0.2, 0.25) is 0 Å². The van der Waals surface area contributed by atoms with Gasteiger partial charge >= 0.3 is 0 Å². The van der Waals surface area contributed by atoms with E-state index in [-0.39, 0.29) is 17.9 Å². The standard InChI is InChI=1S/C16H19N3O2/c20-9-8-16(6-7-16)11-18-15(21)14-10-17-12-19(14)13-4-2-1-3-5-13/h1-5,10,12,20H,6-9,11H2,(H,18,21). The Morgan fingerprint density at radius 1 is 1.33 bits per heavy atom. The van der Waals surface area contributed by atoms with Gasteiger partial charge in [0.25, 0.3) is 5.91 Å². The quantitative estimate of drug-likeness (QED) is 0.850. The van der Waals surface area contributed by atoms with Gasteiger partial charge in [-0.3, -0.25) is 9.36 Å². The highest BCUT2D eigenvalue weighted by molar-refractivity contribution is 5.93. The van der Waals surface area contributed by atoms with Crippen molar-refractivity contribution in [2.75, 3.05) is 13.2 Å². The van der Waals surface area contributed by atoms with E-state index in [1.807, 2.05) is 30.3 Å². The summed E-state index contributed by atoms with van der Waals surface area (Å²) < 4.78 is 1.78. The van der Waals surface area contributed by atoms with Crippen molar-refractivity contribution in [3.05, 3.63) is 48.5 Å². The number of rotatable bonds is 6.